The molecular formula is C17H27BrN2. The van der Waals surface area contributed by atoms with Gasteiger partial charge in [0.15, 0.2) is 0 Å². The molecule has 1 N–H and O–H groups in total. The fourth-order valence-corrected chi connectivity index (χ4v) is 3.35. The van der Waals surface area contributed by atoms with E-state index in [-0.39, 0.29) is 0 Å². The van der Waals surface area contributed by atoms with Gasteiger partial charge in [-0.3, -0.25) is 0 Å². The van der Waals surface area contributed by atoms with Gasteiger partial charge in [-0.2, -0.15) is 0 Å². The van der Waals surface area contributed by atoms with E-state index < -0.39 is 0 Å². The van der Waals surface area contributed by atoms with Crippen molar-refractivity contribution in [3.8, 4) is 0 Å². The number of rotatable bonds is 5. The number of anilines is 1. The molecule has 0 saturated carbocycles. The average molecular weight is 339 g/mol. The van der Waals surface area contributed by atoms with E-state index in [1.165, 1.54) is 54.6 Å². The Morgan fingerprint density at radius 1 is 1.35 bits per heavy atom. The summed E-state index contributed by atoms with van der Waals surface area (Å²) in [6.45, 7) is 10.5. The van der Waals surface area contributed by atoms with Crippen LogP contribution in [0.1, 0.15) is 38.7 Å². The first-order valence-corrected chi connectivity index (χ1v) is 8.64. The molecule has 2 rings (SSSR count). The standard InChI is InChI=1S/C17H27BrN2/c1-4-9-20-10-7-15(8-11-20)14(3)19-16-5-6-17(18)13(2)12-16/h5-6,12,14-15,19H,4,7-11H2,1-3H3. The van der Waals surface area contributed by atoms with Crippen LogP contribution in [0.3, 0.4) is 0 Å². The van der Waals surface area contributed by atoms with Crippen molar-refractivity contribution in [2.75, 3.05) is 25.0 Å². The minimum absolute atomic E-state index is 0.555. The number of hydrogen-bond donors (Lipinski definition) is 1. The molecule has 1 heterocycles. The molecule has 1 aromatic carbocycles. The van der Waals surface area contributed by atoms with Gasteiger partial charge < -0.3 is 10.2 Å². The van der Waals surface area contributed by atoms with Crippen molar-refractivity contribution in [3.05, 3.63) is 28.2 Å². The van der Waals surface area contributed by atoms with E-state index in [9.17, 15) is 0 Å². The first-order valence-electron chi connectivity index (χ1n) is 7.85. The predicted octanol–water partition coefficient (Wildman–Crippen LogP) is 4.68. The Bertz CT molecular complexity index is 425. The summed E-state index contributed by atoms with van der Waals surface area (Å²) in [5.74, 6) is 0.798. The maximum absolute atomic E-state index is 3.69. The maximum Gasteiger partial charge on any atom is 0.0345 e. The normalized spacial score (nSPS) is 19.0. The van der Waals surface area contributed by atoms with Gasteiger partial charge in [0, 0.05) is 16.2 Å². The van der Waals surface area contributed by atoms with Crippen LogP contribution in [-0.2, 0) is 0 Å². The first-order chi connectivity index (χ1) is 9.60. The minimum Gasteiger partial charge on any atom is -0.382 e. The lowest BCUT2D eigenvalue weighted by molar-refractivity contribution is 0.176. The fraction of sp³-hybridized carbons (Fsp3) is 0.647. The third kappa shape index (κ3) is 4.23. The van der Waals surface area contributed by atoms with Crippen molar-refractivity contribution < 1.29 is 0 Å². The number of piperidine rings is 1. The summed E-state index contributed by atoms with van der Waals surface area (Å²) >= 11 is 3.56. The summed E-state index contributed by atoms with van der Waals surface area (Å²) in [5, 5.41) is 3.69. The molecular weight excluding hydrogens is 312 g/mol. The van der Waals surface area contributed by atoms with Crippen LogP contribution in [-0.4, -0.2) is 30.6 Å². The highest BCUT2D eigenvalue weighted by atomic mass is 79.9. The number of nitrogens with zero attached hydrogens (tertiary/aromatic N) is 1. The van der Waals surface area contributed by atoms with Crippen molar-refractivity contribution in [2.24, 2.45) is 5.92 Å². The highest BCUT2D eigenvalue weighted by Crippen LogP contribution is 2.25. The van der Waals surface area contributed by atoms with Gasteiger partial charge in [0.05, 0.1) is 0 Å². The zero-order valence-electron chi connectivity index (χ0n) is 13.0. The van der Waals surface area contributed by atoms with Gasteiger partial charge in [-0.25, -0.2) is 0 Å². The van der Waals surface area contributed by atoms with Gasteiger partial charge in [0.2, 0.25) is 0 Å². The van der Waals surface area contributed by atoms with E-state index in [0.29, 0.717) is 6.04 Å². The second-order valence-corrected chi connectivity index (χ2v) is 6.93. The molecule has 0 bridgehead atoms. The molecule has 1 atom stereocenters. The molecule has 0 aliphatic carbocycles. The van der Waals surface area contributed by atoms with Crippen LogP contribution < -0.4 is 5.32 Å². The quantitative estimate of drug-likeness (QED) is 0.838. The van der Waals surface area contributed by atoms with Crippen molar-refractivity contribution in [1.29, 1.82) is 0 Å². The molecule has 112 valence electrons. The molecule has 0 spiro atoms. The van der Waals surface area contributed by atoms with Gasteiger partial charge in [0.25, 0.3) is 0 Å². The Morgan fingerprint density at radius 3 is 2.65 bits per heavy atom. The lowest BCUT2D eigenvalue weighted by Gasteiger charge is -2.35. The summed E-state index contributed by atoms with van der Waals surface area (Å²) in [6, 6.07) is 7.08. The molecule has 1 unspecified atom stereocenters. The molecule has 1 aliphatic rings. The van der Waals surface area contributed by atoms with E-state index in [4.69, 9.17) is 0 Å². The molecule has 2 nitrogen and oxygen atoms in total. The Hall–Kier alpha value is -0.540. The zero-order chi connectivity index (χ0) is 14.5. The minimum atomic E-state index is 0.555. The van der Waals surface area contributed by atoms with E-state index >= 15 is 0 Å². The van der Waals surface area contributed by atoms with Gasteiger partial charge in [-0.15, -0.1) is 0 Å². The smallest absolute Gasteiger partial charge is 0.0345 e. The molecule has 0 radical (unpaired) electrons. The lowest BCUT2D eigenvalue weighted by atomic mass is 9.90. The highest BCUT2D eigenvalue weighted by Gasteiger charge is 2.23. The monoisotopic (exact) mass is 338 g/mol. The molecule has 3 heteroatoms. The van der Waals surface area contributed by atoms with Crippen LogP contribution in [0.4, 0.5) is 5.69 Å². The van der Waals surface area contributed by atoms with Crippen molar-refractivity contribution >= 4 is 21.6 Å². The van der Waals surface area contributed by atoms with Crippen LogP contribution >= 0.6 is 15.9 Å². The van der Waals surface area contributed by atoms with Crippen LogP contribution in [0.25, 0.3) is 0 Å². The van der Waals surface area contributed by atoms with Crippen molar-refractivity contribution in [3.63, 3.8) is 0 Å². The van der Waals surface area contributed by atoms with Gasteiger partial charge in [0.1, 0.15) is 0 Å². The van der Waals surface area contributed by atoms with Gasteiger partial charge in [-0.1, -0.05) is 22.9 Å². The van der Waals surface area contributed by atoms with E-state index in [0.717, 1.165) is 5.92 Å². The van der Waals surface area contributed by atoms with E-state index in [1.54, 1.807) is 0 Å². The second kappa shape index (κ2) is 7.46. The molecule has 1 fully saturated rings. The summed E-state index contributed by atoms with van der Waals surface area (Å²) in [4.78, 5) is 2.60. The molecule has 1 aromatic rings. The molecule has 0 amide bonds. The Balaban J connectivity index is 1.86. The number of nitrogens with one attached hydrogen (secondary N) is 1. The number of benzene rings is 1. The SMILES string of the molecule is CCCN1CCC(C(C)Nc2ccc(Br)c(C)c2)CC1. The van der Waals surface area contributed by atoms with Crippen LogP contribution in [0.5, 0.6) is 0 Å². The van der Waals surface area contributed by atoms with Crippen LogP contribution in [0, 0.1) is 12.8 Å². The van der Waals surface area contributed by atoms with E-state index in [2.05, 4.69) is 65.1 Å². The second-order valence-electron chi connectivity index (χ2n) is 6.08. The van der Waals surface area contributed by atoms with Crippen LogP contribution in [0.2, 0.25) is 0 Å². The molecule has 20 heavy (non-hydrogen) atoms. The Morgan fingerprint density at radius 2 is 2.05 bits per heavy atom. The molecule has 0 aromatic heterocycles. The molecule has 1 saturated heterocycles. The summed E-state index contributed by atoms with van der Waals surface area (Å²) in [7, 11) is 0. The summed E-state index contributed by atoms with van der Waals surface area (Å²) in [6.07, 6.45) is 3.92. The average Bonchev–Trinajstić information content (AvgIpc) is 2.44. The largest absolute Gasteiger partial charge is 0.382 e. The number of halogens is 1. The molecule has 1 aliphatic heterocycles. The third-order valence-corrected chi connectivity index (χ3v) is 5.32. The summed E-state index contributed by atoms with van der Waals surface area (Å²) in [5.41, 5.74) is 2.54. The Kier molecular flexibility index (Phi) is 5.91. The number of aryl methyl sites for hydroxylation is 1. The van der Waals surface area contributed by atoms with E-state index in [1.807, 2.05) is 0 Å². The van der Waals surface area contributed by atoms with Crippen LogP contribution in [0.15, 0.2) is 22.7 Å². The Labute approximate surface area is 132 Å². The zero-order valence-corrected chi connectivity index (χ0v) is 14.5. The number of likely N-dealkylation sites (tertiary alicyclic amines) is 1. The fourth-order valence-electron chi connectivity index (χ4n) is 3.11. The highest BCUT2D eigenvalue weighted by molar-refractivity contribution is 9.10. The predicted molar refractivity (Wildman–Crippen MR) is 91.4 cm³/mol. The topological polar surface area (TPSA) is 15.3 Å². The number of hydrogen-bond acceptors (Lipinski definition) is 2. The lowest BCUT2D eigenvalue weighted by Crippen LogP contribution is -2.39. The van der Waals surface area contributed by atoms with Crippen molar-refractivity contribution in [2.45, 2.75) is 46.1 Å². The van der Waals surface area contributed by atoms with Gasteiger partial charge >= 0.3 is 0 Å². The maximum atomic E-state index is 3.69. The first kappa shape index (κ1) is 15.8. The summed E-state index contributed by atoms with van der Waals surface area (Å²) < 4.78 is 1.18. The van der Waals surface area contributed by atoms with Crippen molar-refractivity contribution in [1.82, 2.24) is 4.90 Å². The third-order valence-electron chi connectivity index (χ3n) is 4.43. The van der Waals surface area contributed by atoms with Gasteiger partial charge in [-0.05, 0) is 82.4 Å².